The molecule has 0 amide bonds. The van der Waals surface area contributed by atoms with Gasteiger partial charge in [-0.3, -0.25) is 0 Å². The highest BCUT2D eigenvalue weighted by molar-refractivity contribution is 5.70. The van der Waals surface area contributed by atoms with Gasteiger partial charge in [0.15, 0.2) is 0 Å². The third-order valence-electron chi connectivity index (χ3n) is 6.51. The zero-order chi connectivity index (χ0) is 14.5. The van der Waals surface area contributed by atoms with Crippen molar-refractivity contribution in [2.75, 3.05) is 24.3 Å². The van der Waals surface area contributed by atoms with Crippen LogP contribution in [0.1, 0.15) is 40.0 Å². The van der Waals surface area contributed by atoms with Gasteiger partial charge < -0.3 is 10.2 Å². The van der Waals surface area contributed by atoms with Crippen LogP contribution >= 0.6 is 0 Å². The smallest absolute Gasteiger partial charge is 0.0596 e. The Labute approximate surface area is 123 Å². The number of anilines is 2. The van der Waals surface area contributed by atoms with Crippen molar-refractivity contribution >= 4 is 11.4 Å². The van der Waals surface area contributed by atoms with E-state index in [-0.39, 0.29) is 0 Å². The summed E-state index contributed by atoms with van der Waals surface area (Å²) in [6.07, 6.45) is 4.11. The maximum atomic E-state index is 3.88. The Bertz CT molecular complexity index is 506. The van der Waals surface area contributed by atoms with Crippen molar-refractivity contribution in [1.82, 2.24) is 0 Å². The molecule has 2 nitrogen and oxygen atoms in total. The third-order valence-corrected chi connectivity index (χ3v) is 6.51. The van der Waals surface area contributed by atoms with Gasteiger partial charge in [-0.15, -0.1) is 0 Å². The van der Waals surface area contributed by atoms with Gasteiger partial charge in [0.25, 0.3) is 0 Å². The molecule has 0 radical (unpaired) electrons. The SMILES string of the molecule is CN(C)c1ccccc1NC1CC2CCC1(C)C2(C)C. The lowest BCUT2D eigenvalue weighted by atomic mass is 9.69. The fourth-order valence-electron chi connectivity index (χ4n) is 4.60. The van der Waals surface area contributed by atoms with E-state index in [2.05, 4.69) is 69.3 Å². The number of para-hydroxylation sites is 2. The standard InChI is InChI=1S/C18H28N2/c1-17(2)13-10-11-18(17,3)16(12-13)19-14-8-6-7-9-15(14)20(4)5/h6-9,13,16,19H,10-12H2,1-5H3. The summed E-state index contributed by atoms with van der Waals surface area (Å²) >= 11 is 0. The zero-order valence-electron chi connectivity index (χ0n) is 13.5. The Morgan fingerprint density at radius 3 is 2.40 bits per heavy atom. The van der Waals surface area contributed by atoms with Crippen LogP contribution in [0.25, 0.3) is 0 Å². The Morgan fingerprint density at radius 1 is 1.15 bits per heavy atom. The minimum absolute atomic E-state index is 0.428. The summed E-state index contributed by atoms with van der Waals surface area (Å²) in [5.74, 6) is 0.886. The van der Waals surface area contributed by atoms with Gasteiger partial charge in [-0.2, -0.15) is 0 Å². The lowest BCUT2D eigenvalue weighted by molar-refractivity contribution is 0.142. The van der Waals surface area contributed by atoms with Gasteiger partial charge in [0, 0.05) is 20.1 Å². The lowest BCUT2D eigenvalue weighted by Crippen LogP contribution is -2.40. The van der Waals surface area contributed by atoms with Crippen LogP contribution in [0, 0.1) is 16.7 Å². The first kappa shape index (κ1) is 13.8. The van der Waals surface area contributed by atoms with Crippen molar-refractivity contribution in [3.8, 4) is 0 Å². The molecule has 1 N–H and O–H groups in total. The summed E-state index contributed by atoms with van der Waals surface area (Å²) in [5.41, 5.74) is 3.47. The van der Waals surface area contributed by atoms with E-state index in [4.69, 9.17) is 0 Å². The molecule has 0 aromatic heterocycles. The van der Waals surface area contributed by atoms with Gasteiger partial charge >= 0.3 is 0 Å². The summed E-state index contributed by atoms with van der Waals surface area (Å²) in [7, 11) is 4.24. The molecule has 3 rings (SSSR count). The summed E-state index contributed by atoms with van der Waals surface area (Å²) < 4.78 is 0. The van der Waals surface area contributed by atoms with Crippen LogP contribution in [0.15, 0.2) is 24.3 Å². The second kappa shape index (κ2) is 4.41. The van der Waals surface area contributed by atoms with Crippen LogP contribution in [0.2, 0.25) is 0 Å². The van der Waals surface area contributed by atoms with E-state index in [9.17, 15) is 0 Å². The minimum atomic E-state index is 0.428. The van der Waals surface area contributed by atoms with Crippen molar-refractivity contribution in [1.29, 1.82) is 0 Å². The first-order chi connectivity index (χ1) is 9.36. The quantitative estimate of drug-likeness (QED) is 0.878. The monoisotopic (exact) mass is 272 g/mol. The van der Waals surface area contributed by atoms with Crippen molar-refractivity contribution in [2.24, 2.45) is 16.7 Å². The predicted octanol–water partition coefficient (Wildman–Crippen LogP) is 4.38. The number of fused-ring (bicyclic) bond motifs is 2. The number of nitrogens with zero attached hydrogens (tertiary/aromatic N) is 1. The van der Waals surface area contributed by atoms with Crippen LogP contribution in [0.5, 0.6) is 0 Å². The van der Waals surface area contributed by atoms with Gasteiger partial charge in [-0.1, -0.05) is 32.9 Å². The molecule has 3 unspecified atom stereocenters. The van der Waals surface area contributed by atoms with Crippen molar-refractivity contribution in [3.05, 3.63) is 24.3 Å². The molecule has 110 valence electrons. The molecule has 3 atom stereocenters. The molecule has 2 aliphatic carbocycles. The topological polar surface area (TPSA) is 15.3 Å². The average molecular weight is 272 g/mol. The molecule has 20 heavy (non-hydrogen) atoms. The molecule has 2 bridgehead atoms. The average Bonchev–Trinajstić information content (AvgIpc) is 2.72. The Morgan fingerprint density at radius 2 is 1.85 bits per heavy atom. The Kier molecular flexibility index (Phi) is 3.04. The largest absolute Gasteiger partial charge is 0.380 e. The highest BCUT2D eigenvalue weighted by Gasteiger charge is 2.61. The highest BCUT2D eigenvalue weighted by Crippen LogP contribution is 2.66. The molecule has 2 fully saturated rings. The fraction of sp³-hybridized carbons (Fsp3) is 0.667. The normalized spacial score (nSPS) is 34.2. The van der Waals surface area contributed by atoms with Gasteiger partial charge in [-0.05, 0) is 48.1 Å². The van der Waals surface area contributed by atoms with Gasteiger partial charge in [0.05, 0.1) is 11.4 Å². The van der Waals surface area contributed by atoms with E-state index in [1.54, 1.807) is 0 Å². The second-order valence-electron chi connectivity index (χ2n) is 7.72. The molecule has 0 heterocycles. The Balaban J connectivity index is 1.87. The molecule has 0 saturated heterocycles. The third kappa shape index (κ3) is 1.77. The van der Waals surface area contributed by atoms with Crippen molar-refractivity contribution in [3.63, 3.8) is 0 Å². The van der Waals surface area contributed by atoms with E-state index in [1.165, 1.54) is 30.6 Å². The van der Waals surface area contributed by atoms with E-state index in [0.29, 0.717) is 16.9 Å². The molecule has 2 saturated carbocycles. The van der Waals surface area contributed by atoms with Crippen LogP contribution in [0.4, 0.5) is 11.4 Å². The molecule has 1 aromatic carbocycles. The summed E-state index contributed by atoms with van der Waals surface area (Å²) in [6.45, 7) is 7.45. The maximum Gasteiger partial charge on any atom is 0.0596 e. The van der Waals surface area contributed by atoms with Gasteiger partial charge in [0.2, 0.25) is 0 Å². The Hall–Kier alpha value is -1.18. The second-order valence-corrected chi connectivity index (χ2v) is 7.72. The van der Waals surface area contributed by atoms with Crippen molar-refractivity contribution in [2.45, 2.75) is 46.1 Å². The predicted molar refractivity (Wildman–Crippen MR) is 87.4 cm³/mol. The molecule has 0 aliphatic heterocycles. The van der Waals surface area contributed by atoms with Crippen LogP contribution in [-0.4, -0.2) is 20.1 Å². The van der Waals surface area contributed by atoms with Gasteiger partial charge in [0.1, 0.15) is 0 Å². The first-order valence-corrected chi connectivity index (χ1v) is 7.89. The van der Waals surface area contributed by atoms with E-state index >= 15 is 0 Å². The first-order valence-electron chi connectivity index (χ1n) is 7.89. The number of nitrogens with one attached hydrogen (secondary N) is 1. The molecule has 0 spiro atoms. The van der Waals surface area contributed by atoms with E-state index in [0.717, 1.165) is 5.92 Å². The van der Waals surface area contributed by atoms with Crippen LogP contribution < -0.4 is 10.2 Å². The molecule has 2 heteroatoms. The summed E-state index contributed by atoms with van der Waals surface area (Å²) in [4.78, 5) is 2.20. The number of hydrogen-bond donors (Lipinski definition) is 1. The van der Waals surface area contributed by atoms with Crippen LogP contribution in [0.3, 0.4) is 0 Å². The highest BCUT2D eigenvalue weighted by atomic mass is 15.1. The van der Waals surface area contributed by atoms with Crippen LogP contribution in [-0.2, 0) is 0 Å². The number of rotatable bonds is 3. The molecule has 2 aliphatic rings. The van der Waals surface area contributed by atoms with E-state index in [1.807, 2.05) is 0 Å². The fourth-order valence-corrected chi connectivity index (χ4v) is 4.60. The van der Waals surface area contributed by atoms with E-state index < -0.39 is 0 Å². The summed E-state index contributed by atoms with van der Waals surface area (Å²) in [6, 6.07) is 9.28. The molecular formula is C18H28N2. The minimum Gasteiger partial charge on any atom is -0.380 e. The lowest BCUT2D eigenvalue weighted by Gasteiger charge is -2.40. The molecule has 1 aromatic rings. The zero-order valence-corrected chi connectivity index (χ0v) is 13.5. The van der Waals surface area contributed by atoms with Gasteiger partial charge in [-0.25, -0.2) is 0 Å². The number of hydrogen-bond acceptors (Lipinski definition) is 2. The number of benzene rings is 1. The summed E-state index contributed by atoms with van der Waals surface area (Å²) in [5, 5.41) is 3.88. The molecular weight excluding hydrogens is 244 g/mol. The van der Waals surface area contributed by atoms with Crippen molar-refractivity contribution < 1.29 is 0 Å². The maximum absolute atomic E-state index is 3.88.